The van der Waals surface area contributed by atoms with E-state index in [1.807, 2.05) is 0 Å². The maximum Gasteiger partial charge on any atom is 0.243 e. The van der Waals surface area contributed by atoms with Crippen LogP contribution in [0.4, 0.5) is 5.69 Å². The van der Waals surface area contributed by atoms with Gasteiger partial charge in [0.25, 0.3) is 0 Å². The molecule has 1 rings (SSSR count). The number of amides is 1. The van der Waals surface area contributed by atoms with Crippen LogP contribution in [0.5, 0.6) is 0 Å². The van der Waals surface area contributed by atoms with Crippen LogP contribution >= 0.6 is 11.6 Å². The molecule has 1 amide bonds. The molecule has 0 bridgehead atoms. The molecule has 0 aliphatic carbocycles. The maximum atomic E-state index is 12.0. The summed E-state index contributed by atoms with van der Waals surface area (Å²) < 4.78 is 24.7. The van der Waals surface area contributed by atoms with E-state index in [0.29, 0.717) is 0 Å². The fraction of sp³-hybridized carbons (Fsp3) is 0.222. The molecule has 0 heterocycles. The van der Waals surface area contributed by atoms with Gasteiger partial charge < -0.3 is 11.5 Å². The van der Waals surface area contributed by atoms with Crippen LogP contribution in [0, 0.1) is 0 Å². The summed E-state index contributed by atoms with van der Waals surface area (Å²) in [4.78, 5) is 10.6. The fourth-order valence-electron chi connectivity index (χ4n) is 1.17. The van der Waals surface area contributed by atoms with Gasteiger partial charge >= 0.3 is 0 Å². The molecule has 0 radical (unpaired) electrons. The van der Waals surface area contributed by atoms with Crippen molar-refractivity contribution in [2.75, 3.05) is 19.3 Å². The molecular formula is C9H12ClN3O3S. The van der Waals surface area contributed by atoms with E-state index in [2.05, 4.69) is 0 Å². The summed E-state index contributed by atoms with van der Waals surface area (Å²) in [5, 5.41) is 0.265. The first kappa shape index (κ1) is 13.8. The average Bonchev–Trinajstić information content (AvgIpc) is 2.20. The number of nitrogens with zero attached hydrogens (tertiary/aromatic N) is 1. The van der Waals surface area contributed by atoms with Gasteiger partial charge in [0.05, 0.1) is 22.2 Å². The van der Waals surface area contributed by atoms with E-state index in [9.17, 15) is 13.2 Å². The van der Waals surface area contributed by atoms with E-state index in [0.717, 1.165) is 4.31 Å². The molecule has 1 aromatic carbocycles. The summed E-state index contributed by atoms with van der Waals surface area (Å²) in [5.74, 6) is -0.738. The van der Waals surface area contributed by atoms with Gasteiger partial charge in [0.15, 0.2) is 0 Å². The number of sulfonamides is 1. The van der Waals surface area contributed by atoms with Crippen molar-refractivity contribution >= 4 is 33.2 Å². The van der Waals surface area contributed by atoms with Crippen molar-refractivity contribution in [3.63, 3.8) is 0 Å². The SMILES string of the molecule is CN(CC(N)=O)S(=O)(=O)c1ccc(Cl)c(N)c1. The van der Waals surface area contributed by atoms with E-state index in [1.165, 1.54) is 25.2 Å². The van der Waals surface area contributed by atoms with Crippen LogP contribution in [0.3, 0.4) is 0 Å². The first-order valence-corrected chi connectivity index (χ1v) is 6.36. The molecule has 94 valence electrons. The number of hydrogen-bond donors (Lipinski definition) is 2. The number of likely N-dealkylation sites (N-methyl/N-ethyl adjacent to an activating group) is 1. The van der Waals surface area contributed by atoms with E-state index in [4.69, 9.17) is 23.1 Å². The van der Waals surface area contributed by atoms with Crippen LogP contribution in [-0.2, 0) is 14.8 Å². The number of carbonyl (C=O) groups excluding carboxylic acids is 1. The number of benzene rings is 1. The smallest absolute Gasteiger partial charge is 0.243 e. The van der Waals surface area contributed by atoms with Gasteiger partial charge in [-0.25, -0.2) is 8.42 Å². The Kier molecular flexibility index (Phi) is 3.97. The summed E-state index contributed by atoms with van der Waals surface area (Å²) in [5.41, 5.74) is 10.6. The monoisotopic (exact) mass is 277 g/mol. The third-order valence-corrected chi connectivity index (χ3v) is 4.20. The van der Waals surface area contributed by atoms with Crippen molar-refractivity contribution in [2.45, 2.75) is 4.90 Å². The first-order chi connectivity index (χ1) is 7.75. The van der Waals surface area contributed by atoms with Gasteiger partial charge in [-0.05, 0) is 18.2 Å². The van der Waals surface area contributed by atoms with Gasteiger partial charge in [-0.15, -0.1) is 0 Å². The lowest BCUT2D eigenvalue weighted by molar-refractivity contribution is -0.118. The zero-order chi connectivity index (χ0) is 13.2. The number of halogens is 1. The Morgan fingerprint density at radius 1 is 1.47 bits per heavy atom. The minimum Gasteiger partial charge on any atom is -0.397 e. The molecule has 8 heteroatoms. The third-order valence-electron chi connectivity index (χ3n) is 2.05. The van der Waals surface area contributed by atoms with Crippen molar-refractivity contribution < 1.29 is 13.2 Å². The summed E-state index contributed by atoms with van der Waals surface area (Å²) in [6, 6.07) is 3.92. The Morgan fingerprint density at radius 2 is 2.06 bits per heavy atom. The second kappa shape index (κ2) is 4.91. The summed E-state index contributed by atoms with van der Waals surface area (Å²) in [6.45, 7) is -0.398. The Bertz CT molecular complexity index is 544. The standard InChI is InChI=1S/C9H12ClN3O3S/c1-13(5-9(12)14)17(15,16)6-2-3-7(10)8(11)4-6/h2-4H,5,11H2,1H3,(H2,12,14). The topological polar surface area (TPSA) is 106 Å². The largest absolute Gasteiger partial charge is 0.397 e. The molecule has 0 aliphatic rings. The summed E-state index contributed by atoms with van der Waals surface area (Å²) in [6.07, 6.45) is 0. The van der Waals surface area contributed by atoms with Crippen molar-refractivity contribution in [1.82, 2.24) is 4.31 Å². The fourth-order valence-corrected chi connectivity index (χ4v) is 2.46. The molecule has 0 saturated carbocycles. The molecule has 0 spiro atoms. The minimum atomic E-state index is -3.78. The number of nitrogen functional groups attached to an aromatic ring is 1. The van der Waals surface area contributed by atoms with E-state index < -0.39 is 22.5 Å². The molecule has 1 aromatic rings. The van der Waals surface area contributed by atoms with Gasteiger partial charge in [0.1, 0.15) is 0 Å². The molecule has 0 aromatic heterocycles. The second-order valence-corrected chi connectivity index (χ2v) is 5.86. The van der Waals surface area contributed by atoms with Gasteiger partial charge in [0, 0.05) is 7.05 Å². The zero-order valence-corrected chi connectivity index (χ0v) is 10.6. The Labute approximate surface area is 104 Å². The minimum absolute atomic E-state index is 0.0387. The van der Waals surface area contributed by atoms with Crippen molar-refractivity contribution in [3.8, 4) is 0 Å². The van der Waals surface area contributed by atoms with Crippen LogP contribution in [0.1, 0.15) is 0 Å². The van der Waals surface area contributed by atoms with Crippen LogP contribution in [0.2, 0.25) is 5.02 Å². The molecule has 0 unspecified atom stereocenters. The van der Waals surface area contributed by atoms with Crippen molar-refractivity contribution in [3.05, 3.63) is 23.2 Å². The van der Waals surface area contributed by atoms with Crippen LogP contribution in [0.15, 0.2) is 23.1 Å². The van der Waals surface area contributed by atoms with Crippen molar-refractivity contribution in [2.24, 2.45) is 5.73 Å². The second-order valence-electron chi connectivity index (χ2n) is 3.41. The number of carbonyl (C=O) groups is 1. The molecule has 6 nitrogen and oxygen atoms in total. The van der Waals surface area contributed by atoms with Gasteiger partial charge in [-0.2, -0.15) is 4.31 Å². The average molecular weight is 278 g/mol. The predicted octanol–water partition coefficient (Wildman–Crippen LogP) is 0.0280. The first-order valence-electron chi connectivity index (χ1n) is 4.55. The highest BCUT2D eigenvalue weighted by molar-refractivity contribution is 7.89. The molecule has 4 N–H and O–H groups in total. The highest BCUT2D eigenvalue weighted by Crippen LogP contribution is 2.23. The predicted molar refractivity (Wildman–Crippen MR) is 64.9 cm³/mol. The normalized spacial score (nSPS) is 11.7. The quantitative estimate of drug-likeness (QED) is 0.757. The van der Waals surface area contributed by atoms with E-state index in [1.54, 1.807) is 0 Å². The molecule has 0 atom stereocenters. The Morgan fingerprint density at radius 3 is 2.53 bits per heavy atom. The van der Waals surface area contributed by atoms with Gasteiger partial charge in [-0.1, -0.05) is 11.6 Å². The number of anilines is 1. The van der Waals surface area contributed by atoms with Crippen LogP contribution in [-0.4, -0.2) is 32.2 Å². The summed E-state index contributed by atoms with van der Waals surface area (Å²) in [7, 11) is -2.52. The Hall–Kier alpha value is -1.31. The highest BCUT2D eigenvalue weighted by Gasteiger charge is 2.22. The molecular weight excluding hydrogens is 266 g/mol. The molecule has 0 aliphatic heterocycles. The number of rotatable bonds is 4. The lowest BCUT2D eigenvalue weighted by Crippen LogP contribution is -2.35. The van der Waals surface area contributed by atoms with Crippen molar-refractivity contribution in [1.29, 1.82) is 0 Å². The zero-order valence-electron chi connectivity index (χ0n) is 9.05. The van der Waals surface area contributed by atoms with Gasteiger partial charge in [-0.3, -0.25) is 4.79 Å². The molecule has 0 fully saturated rings. The Balaban J connectivity index is 3.13. The molecule has 17 heavy (non-hydrogen) atoms. The lowest BCUT2D eigenvalue weighted by Gasteiger charge is -2.15. The lowest BCUT2D eigenvalue weighted by atomic mass is 10.3. The number of nitrogens with two attached hydrogens (primary N) is 2. The van der Waals surface area contributed by atoms with E-state index >= 15 is 0 Å². The third kappa shape index (κ3) is 3.09. The molecule has 0 saturated heterocycles. The van der Waals surface area contributed by atoms with Crippen LogP contribution in [0.25, 0.3) is 0 Å². The maximum absolute atomic E-state index is 12.0. The summed E-state index contributed by atoms with van der Waals surface area (Å²) >= 11 is 5.69. The van der Waals surface area contributed by atoms with Crippen LogP contribution < -0.4 is 11.5 Å². The van der Waals surface area contributed by atoms with E-state index in [-0.39, 0.29) is 15.6 Å². The van der Waals surface area contributed by atoms with Gasteiger partial charge in [0.2, 0.25) is 15.9 Å². The highest BCUT2D eigenvalue weighted by atomic mass is 35.5. The number of primary amides is 1. The number of hydrogen-bond acceptors (Lipinski definition) is 4.